The Balaban J connectivity index is 2.73. The molecule has 0 spiro atoms. The van der Waals surface area contributed by atoms with Gasteiger partial charge in [0.25, 0.3) is 5.91 Å². The average molecular weight is 280 g/mol. The summed E-state index contributed by atoms with van der Waals surface area (Å²) in [5.74, 6) is -0.551. The molecule has 6 heteroatoms. The first kappa shape index (κ1) is 15.8. The highest BCUT2D eigenvalue weighted by Crippen LogP contribution is 2.21. The van der Waals surface area contributed by atoms with Crippen molar-refractivity contribution in [1.29, 1.82) is 0 Å². The van der Waals surface area contributed by atoms with Gasteiger partial charge in [-0.05, 0) is 32.0 Å². The standard InChI is InChI=1S/C14H20N2O4/c1-9(2)16(3)13(17)8-20-14(18)11-7-10(15)5-6-12(11)19-4/h5-7,9H,8,15H2,1-4H3. The Morgan fingerprint density at radius 1 is 1.35 bits per heavy atom. The van der Waals surface area contributed by atoms with Crippen molar-refractivity contribution in [3.8, 4) is 5.75 Å². The molecule has 1 amide bonds. The van der Waals surface area contributed by atoms with Crippen LogP contribution in [0.5, 0.6) is 5.75 Å². The zero-order valence-electron chi connectivity index (χ0n) is 12.2. The number of esters is 1. The van der Waals surface area contributed by atoms with E-state index in [4.69, 9.17) is 15.2 Å². The Hall–Kier alpha value is -2.24. The average Bonchev–Trinajstić information content (AvgIpc) is 2.43. The predicted molar refractivity (Wildman–Crippen MR) is 75.6 cm³/mol. The van der Waals surface area contributed by atoms with Crippen LogP contribution < -0.4 is 10.5 Å². The van der Waals surface area contributed by atoms with Crippen molar-refractivity contribution in [2.45, 2.75) is 19.9 Å². The zero-order valence-corrected chi connectivity index (χ0v) is 12.2. The second kappa shape index (κ2) is 6.79. The number of nitrogens with zero attached hydrogens (tertiary/aromatic N) is 1. The number of likely N-dealkylation sites (N-methyl/N-ethyl adjacent to an activating group) is 1. The molecule has 0 saturated heterocycles. The molecule has 1 aromatic carbocycles. The van der Waals surface area contributed by atoms with Crippen molar-refractivity contribution in [2.75, 3.05) is 26.5 Å². The van der Waals surface area contributed by atoms with Crippen molar-refractivity contribution in [1.82, 2.24) is 4.90 Å². The van der Waals surface area contributed by atoms with Crippen molar-refractivity contribution in [3.63, 3.8) is 0 Å². The van der Waals surface area contributed by atoms with Crippen LogP contribution in [0.2, 0.25) is 0 Å². The SMILES string of the molecule is COc1ccc(N)cc1C(=O)OCC(=O)N(C)C(C)C. The van der Waals surface area contributed by atoms with Crippen LogP contribution in [0, 0.1) is 0 Å². The molecule has 0 heterocycles. The van der Waals surface area contributed by atoms with E-state index in [2.05, 4.69) is 0 Å². The van der Waals surface area contributed by atoms with E-state index >= 15 is 0 Å². The summed E-state index contributed by atoms with van der Waals surface area (Å²) < 4.78 is 10.1. The van der Waals surface area contributed by atoms with Gasteiger partial charge in [-0.15, -0.1) is 0 Å². The molecule has 20 heavy (non-hydrogen) atoms. The Bertz CT molecular complexity index is 500. The third kappa shape index (κ3) is 3.88. The second-order valence-electron chi connectivity index (χ2n) is 4.63. The van der Waals surface area contributed by atoms with Gasteiger partial charge in [0.15, 0.2) is 6.61 Å². The number of carbonyl (C=O) groups is 2. The Morgan fingerprint density at radius 2 is 2.00 bits per heavy atom. The smallest absolute Gasteiger partial charge is 0.342 e. The summed E-state index contributed by atoms with van der Waals surface area (Å²) in [5, 5.41) is 0. The van der Waals surface area contributed by atoms with Gasteiger partial charge in [-0.3, -0.25) is 4.79 Å². The molecule has 0 aliphatic carbocycles. The number of carbonyl (C=O) groups excluding carboxylic acids is 2. The zero-order chi connectivity index (χ0) is 15.3. The predicted octanol–water partition coefficient (Wildman–Crippen LogP) is 1.30. The number of benzene rings is 1. The fourth-order valence-electron chi connectivity index (χ4n) is 1.48. The van der Waals surface area contributed by atoms with E-state index < -0.39 is 5.97 Å². The van der Waals surface area contributed by atoms with Crippen LogP contribution in [0.4, 0.5) is 5.69 Å². The summed E-state index contributed by atoms with van der Waals surface area (Å²) in [5.41, 5.74) is 6.25. The van der Waals surface area contributed by atoms with Crippen LogP contribution in [-0.4, -0.2) is 43.6 Å². The number of hydrogen-bond donors (Lipinski definition) is 1. The van der Waals surface area contributed by atoms with Gasteiger partial charge in [0.1, 0.15) is 11.3 Å². The maximum Gasteiger partial charge on any atom is 0.342 e. The van der Waals surface area contributed by atoms with E-state index in [1.54, 1.807) is 19.2 Å². The van der Waals surface area contributed by atoms with Crippen molar-refractivity contribution >= 4 is 17.6 Å². The lowest BCUT2D eigenvalue weighted by atomic mass is 10.2. The molecule has 0 atom stereocenters. The van der Waals surface area contributed by atoms with Crippen molar-refractivity contribution in [3.05, 3.63) is 23.8 Å². The first-order valence-electron chi connectivity index (χ1n) is 6.23. The van der Waals surface area contributed by atoms with Gasteiger partial charge < -0.3 is 20.1 Å². The summed E-state index contributed by atoms with van der Waals surface area (Å²) in [6.45, 7) is 3.44. The molecule has 1 rings (SSSR count). The number of rotatable bonds is 5. The van der Waals surface area contributed by atoms with E-state index in [0.29, 0.717) is 11.4 Å². The topological polar surface area (TPSA) is 81.9 Å². The third-order valence-electron chi connectivity index (χ3n) is 2.94. The number of amides is 1. The second-order valence-corrected chi connectivity index (χ2v) is 4.63. The molecule has 0 aliphatic heterocycles. The van der Waals surface area contributed by atoms with Crippen LogP contribution >= 0.6 is 0 Å². The molecule has 0 fully saturated rings. The lowest BCUT2D eigenvalue weighted by molar-refractivity contribution is -0.134. The van der Waals surface area contributed by atoms with Gasteiger partial charge in [0, 0.05) is 18.8 Å². The molecule has 6 nitrogen and oxygen atoms in total. The molecule has 0 aromatic heterocycles. The van der Waals surface area contributed by atoms with Gasteiger partial charge >= 0.3 is 5.97 Å². The molecule has 0 unspecified atom stereocenters. The van der Waals surface area contributed by atoms with Crippen LogP contribution in [0.1, 0.15) is 24.2 Å². The lowest BCUT2D eigenvalue weighted by Crippen LogP contribution is -2.36. The number of hydrogen-bond acceptors (Lipinski definition) is 5. The highest BCUT2D eigenvalue weighted by atomic mass is 16.5. The summed E-state index contributed by atoms with van der Waals surface area (Å²) in [7, 11) is 3.10. The van der Waals surface area contributed by atoms with Gasteiger partial charge in [-0.2, -0.15) is 0 Å². The first-order chi connectivity index (χ1) is 9.36. The number of nitrogen functional groups attached to an aromatic ring is 1. The molecule has 0 aliphatic rings. The van der Waals surface area contributed by atoms with E-state index in [9.17, 15) is 9.59 Å². The van der Waals surface area contributed by atoms with E-state index in [1.165, 1.54) is 18.1 Å². The lowest BCUT2D eigenvalue weighted by Gasteiger charge is -2.21. The Kier molecular flexibility index (Phi) is 5.37. The third-order valence-corrected chi connectivity index (χ3v) is 2.94. The first-order valence-corrected chi connectivity index (χ1v) is 6.23. The molecular formula is C14H20N2O4. The van der Waals surface area contributed by atoms with Crippen molar-refractivity contribution in [2.24, 2.45) is 0 Å². The van der Waals surface area contributed by atoms with Crippen LogP contribution in [0.15, 0.2) is 18.2 Å². The van der Waals surface area contributed by atoms with E-state index in [-0.39, 0.29) is 24.1 Å². The fourth-order valence-corrected chi connectivity index (χ4v) is 1.48. The summed E-state index contributed by atoms with van der Waals surface area (Å²) in [6.07, 6.45) is 0. The van der Waals surface area contributed by atoms with Gasteiger partial charge in [0.2, 0.25) is 0 Å². The van der Waals surface area contributed by atoms with Crippen LogP contribution in [-0.2, 0) is 9.53 Å². The minimum Gasteiger partial charge on any atom is -0.496 e. The summed E-state index contributed by atoms with van der Waals surface area (Å²) >= 11 is 0. The van der Waals surface area contributed by atoms with Crippen LogP contribution in [0.25, 0.3) is 0 Å². The number of methoxy groups -OCH3 is 1. The maximum atomic E-state index is 11.9. The summed E-state index contributed by atoms with van der Waals surface area (Å²) in [6, 6.07) is 4.70. The molecule has 110 valence electrons. The minimum atomic E-state index is -0.639. The highest BCUT2D eigenvalue weighted by molar-refractivity contribution is 5.94. The van der Waals surface area contributed by atoms with Gasteiger partial charge in [-0.1, -0.05) is 0 Å². The molecule has 0 bridgehead atoms. The molecular weight excluding hydrogens is 260 g/mol. The molecule has 0 radical (unpaired) electrons. The monoisotopic (exact) mass is 280 g/mol. The van der Waals surface area contributed by atoms with E-state index in [0.717, 1.165) is 0 Å². The number of anilines is 1. The quantitative estimate of drug-likeness (QED) is 0.649. The molecule has 2 N–H and O–H groups in total. The highest BCUT2D eigenvalue weighted by Gasteiger charge is 2.18. The van der Waals surface area contributed by atoms with E-state index in [1.807, 2.05) is 13.8 Å². The maximum absolute atomic E-state index is 11.9. The number of ether oxygens (including phenoxy) is 2. The normalized spacial score (nSPS) is 10.2. The van der Waals surface area contributed by atoms with Gasteiger partial charge in [0.05, 0.1) is 7.11 Å². The Labute approximate surface area is 118 Å². The Morgan fingerprint density at radius 3 is 2.55 bits per heavy atom. The summed E-state index contributed by atoms with van der Waals surface area (Å²) in [4.78, 5) is 25.2. The van der Waals surface area contributed by atoms with Gasteiger partial charge in [-0.25, -0.2) is 4.79 Å². The minimum absolute atomic E-state index is 0.0445. The molecule has 1 aromatic rings. The fraction of sp³-hybridized carbons (Fsp3) is 0.429. The largest absolute Gasteiger partial charge is 0.496 e. The van der Waals surface area contributed by atoms with Crippen LogP contribution in [0.3, 0.4) is 0 Å². The molecule has 0 saturated carbocycles. The number of nitrogens with two attached hydrogens (primary N) is 1. The van der Waals surface area contributed by atoms with Crippen molar-refractivity contribution < 1.29 is 19.1 Å².